The van der Waals surface area contributed by atoms with E-state index in [0.717, 1.165) is 0 Å². The van der Waals surface area contributed by atoms with Gasteiger partial charge in [0.2, 0.25) is 5.91 Å². The Morgan fingerprint density at radius 1 is 1.07 bits per heavy atom. The molecule has 2 aromatic rings. The zero-order chi connectivity index (χ0) is 20.7. The first-order valence-electron chi connectivity index (χ1n) is 9.01. The van der Waals surface area contributed by atoms with E-state index < -0.39 is 18.5 Å². The topological polar surface area (TPSA) is 113 Å². The van der Waals surface area contributed by atoms with Crippen LogP contribution in [0.25, 0.3) is 10.8 Å². The molecule has 0 saturated carbocycles. The number of hydrogen-bond donors (Lipinski definition) is 1. The van der Waals surface area contributed by atoms with E-state index in [-0.39, 0.29) is 24.4 Å². The van der Waals surface area contributed by atoms with Gasteiger partial charge in [-0.1, -0.05) is 18.2 Å². The molecule has 0 spiro atoms. The van der Waals surface area contributed by atoms with Gasteiger partial charge in [0.1, 0.15) is 0 Å². The Balaban J connectivity index is 1.92. The van der Waals surface area contributed by atoms with Crippen LogP contribution in [0.1, 0.15) is 19.5 Å². The number of H-pyrrole nitrogens is 1. The van der Waals surface area contributed by atoms with Crippen LogP contribution in [0.4, 0.5) is 0 Å². The molecule has 1 heterocycles. The number of fused-ring (bicyclic) bond motifs is 1. The fourth-order valence-corrected chi connectivity index (χ4v) is 2.71. The lowest BCUT2D eigenvalue weighted by atomic mass is 10.1. The zero-order valence-electron chi connectivity index (χ0n) is 16.2. The minimum absolute atomic E-state index is 0.0792. The number of ether oxygens (including phenoxy) is 1. The number of likely N-dealkylation sites (N-methyl/N-ethyl adjacent to an activating group) is 2. The van der Waals surface area contributed by atoms with E-state index in [0.29, 0.717) is 29.6 Å². The zero-order valence-corrected chi connectivity index (χ0v) is 16.2. The monoisotopic (exact) mass is 388 g/mol. The van der Waals surface area contributed by atoms with Crippen molar-refractivity contribution in [3.8, 4) is 0 Å². The highest BCUT2D eigenvalue weighted by Gasteiger charge is 2.18. The molecule has 2 rings (SSSR count). The van der Waals surface area contributed by atoms with E-state index in [1.807, 2.05) is 13.8 Å². The molecule has 1 aromatic heterocycles. The molecule has 1 N–H and O–H groups in total. The molecule has 0 atom stereocenters. The van der Waals surface area contributed by atoms with Crippen LogP contribution < -0.4 is 5.56 Å². The van der Waals surface area contributed by atoms with Crippen molar-refractivity contribution in [1.29, 1.82) is 0 Å². The first-order valence-corrected chi connectivity index (χ1v) is 9.01. The number of aromatic nitrogens is 2. The first-order chi connectivity index (χ1) is 13.4. The second kappa shape index (κ2) is 9.63. The lowest BCUT2D eigenvalue weighted by molar-refractivity contribution is -0.152. The normalized spacial score (nSPS) is 10.5. The second-order valence-electron chi connectivity index (χ2n) is 6.20. The van der Waals surface area contributed by atoms with E-state index >= 15 is 0 Å². The molecule has 9 nitrogen and oxygen atoms in total. The number of rotatable bonds is 8. The SMILES string of the molecule is CCN(CC)C(=O)CN(C)C(=O)COC(=O)Cc1n[nH]c(=O)c2ccccc12. The Kier molecular flexibility index (Phi) is 7.25. The Morgan fingerprint density at radius 2 is 1.71 bits per heavy atom. The van der Waals surface area contributed by atoms with Gasteiger partial charge in [-0.3, -0.25) is 19.2 Å². The van der Waals surface area contributed by atoms with Gasteiger partial charge >= 0.3 is 5.97 Å². The highest BCUT2D eigenvalue weighted by molar-refractivity contribution is 5.88. The summed E-state index contributed by atoms with van der Waals surface area (Å²) in [6.45, 7) is 4.30. The minimum atomic E-state index is -0.651. The van der Waals surface area contributed by atoms with Crippen LogP contribution in [-0.4, -0.2) is 71.1 Å². The van der Waals surface area contributed by atoms with Gasteiger partial charge in [0, 0.05) is 25.5 Å². The first kappa shape index (κ1) is 21.1. The number of amides is 2. The summed E-state index contributed by atoms with van der Waals surface area (Å²) in [7, 11) is 1.48. The van der Waals surface area contributed by atoms with Crippen LogP contribution in [0.3, 0.4) is 0 Å². The molecule has 0 aliphatic heterocycles. The maximum Gasteiger partial charge on any atom is 0.312 e. The number of esters is 1. The second-order valence-corrected chi connectivity index (χ2v) is 6.20. The largest absolute Gasteiger partial charge is 0.455 e. The molecule has 0 bridgehead atoms. The van der Waals surface area contributed by atoms with Gasteiger partial charge < -0.3 is 14.5 Å². The Labute approximate surface area is 162 Å². The summed E-state index contributed by atoms with van der Waals surface area (Å²) in [5.74, 6) is -1.30. The summed E-state index contributed by atoms with van der Waals surface area (Å²) >= 11 is 0. The van der Waals surface area contributed by atoms with Gasteiger partial charge in [0.15, 0.2) is 6.61 Å². The van der Waals surface area contributed by atoms with Crippen LogP contribution in [0, 0.1) is 0 Å². The number of hydrogen-bond acceptors (Lipinski definition) is 6. The fraction of sp³-hybridized carbons (Fsp3) is 0.421. The van der Waals surface area contributed by atoms with E-state index in [9.17, 15) is 19.2 Å². The molecule has 150 valence electrons. The third-order valence-electron chi connectivity index (χ3n) is 4.36. The van der Waals surface area contributed by atoms with Gasteiger partial charge in [0.05, 0.1) is 24.0 Å². The van der Waals surface area contributed by atoms with Crippen molar-refractivity contribution in [2.45, 2.75) is 20.3 Å². The van der Waals surface area contributed by atoms with Gasteiger partial charge in [-0.05, 0) is 19.9 Å². The van der Waals surface area contributed by atoms with Crippen LogP contribution in [0.5, 0.6) is 0 Å². The summed E-state index contributed by atoms with van der Waals surface area (Å²) in [5, 5.41) is 7.22. The third-order valence-corrected chi connectivity index (χ3v) is 4.36. The lowest BCUT2D eigenvalue weighted by Gasteiger charge is -2.23. The molecule has 28 heavy (non-hydrogen) atoms. The number of aromatic amines is 1. The number of carbonyl (C=O) groups excluding carboxylic acids is 3. The van der Waals surface area contributed by atoms with Crippen molar-refractivity contribution in [3.05, 3.63) is 40.3 Å². The highest BCUT2D eigenvalue weighted by Crippen LogP contribution is 2.13. The predicted octanol–water partition coefficient (Wildman–Crippen LogP) is 0.336. The van der Waals surface area contributed by atoms with Crippen LogP contribution in [0.2, 0.25) is 0 Å². The minimum Gasteiger partial charge on any atom is -0.455 e. The molecule has 1 aromatic carbocycles. The van der Waals surface area contributed by atoms with Crippen molar-refractivity contribution in [3.63, 3.8) is 0 Å². The summed E-state index contributed by atoms with van der Waals surface area (Å²) < 4.78 is 5.02. The summed E-state index contributed by atoms with van der Waals surface area (Å²) in [6, 6.07) is 6.78. The molecule has 0 fully saturated rings. The van der Waals surface area contributed by atoms with Crippen molar-refractivity contribution in [2.24, 2.45) is 0 Å². The number of nitrogens with zero attached hydrogens (tertiary/aromatic N) is 3. The maximum atomic E-state index is 12.1. The van der Waals surface area contributed by atoms with Crippen molar-refractivity contribution in [2.75, 3.05) is 33.3 Å². The smallest absolute Gasteiger partial charge is 0.312 e. The molecular formula is C19H24N4O5. The number of carbonyl (C=O) groups is 3. The van der Waals surface area contributed by atoms with E-state index in [2.05, 4.69) is 10.2 Å². The summed E-state index contributed by atoms with van der Waals surface area (Å²) in [4.78, 5) is 50.8. The predicted molar refractivity (Wildman–Crippen MR) is 103 cm³/mol. The molecule has 9 heteroatoms. The molecular weight excluding hydrogens is 364 g/mol. The fourth-order valence-electron chi connectivity index (χ4n) is 2.71. The molecule has 0 radical (unpaired) electrons. The van der Waals surface area contributed by atoms with Crippen molar-refractivity contribution < 1.29 is 19.1 Å². The standard InChI is InChI=1S/C19H24N4O5/c1-4-23(5-2)16(24)11-22(3)17(25)12-28-18(26)10-15-13-8-6-7-9-14(13)19(27)21-20-15/h6-9H,4-5,10-12H2,1-3H3,(H,21,27). The lowest BCUT2D eigenvalue weighted by Crippen LogP contribution is -2.42. The van der Waals surface area contributed by atoms with Gasteiger partial charge in [-0.25, -0.2) is 5.10 Å². The van der Waals surface area contributed by atoms with Crippen LogP contribution in [-0.2, 0) is 25.5 Å². The maximum absolute atomic E-state index is 12.1. The summed E-state index contributed by atoms with van der Waals surface area (Å²) in [5.41, 5.74) is 0.0140. The van der Waals surface area contributed by atoms with Gasteiger partial charge in [-0.15, -0.1) is 0 Å². The van der Waals surface area contributed by atoms with Crippen molar-refractivity contribution in [1.82, 2.24) is 20.0 Å². The van der Waals surface area contributed by atoms with Crippen LogP contribution in [0.15, 0.2) is 29.1 Å². The quantitative estimate of drug-likeness (QED) is 0.653. The molecule has 0 saturated heterocycles. The van der Waals surface area contributed by atoms with E-state index in [1.54, 1.807) is 29.2 Å². The Bertz CT molecular complexity index is 920. The average Bonchev–Trinajstić information content (AvgIpc) is 2.69. The molecule has 2 amide bonds. The van der Waals surface area contributed by atoms with Crippen LogP contribution >= 0.6 is 0 Å². The van der Waals surface area contributed by atoms with E-state index in [1.165, 1.54) is 11.9 Å². The van der Waals surface area contributed by atoms with E-state index in [4.69, 9.17) is 4.74 Å². The third kappa shape index (κ3) is 5.15. The van der Waals surface area contributed by atoms with Gasteiger partial charge in [0.25, 0.3) is 11.5 Å². The summed E-state index contributed by atoms with van der Waals surface area (Å²) in [6.07, 6.45) is -0.188. The number of nitrogens with one attached hydrogen (secondary N) is 1. The highest BCUT2D eigenvalue weighted by atomic mass is 16.5. The molecule has 0 aliphatic rings. The number of benzene rings is 1. The molecule has 0 aliphatic carbocycles. The Morgan fingerprint density at radius 3 is 2.36 bits per heavy atom. The van der Waals surface area contributed by atoms with Gasteiger partial charge in [-0.2, -0.15) is 5.10 Å². The molecule has 0 unspecified atom stereocenters. The Hall–Kier alpha value is -3.23. The van der Waals surface area contributed by atoms with Crippen molar-refractivity contribution >= 4 is 28.6 Å². The average molecular weight is 388 g/mol.